The van der Waals surface area contributed by atoms with Crippen LogP contribution in [0.15, 0.2) is 93.5 Å². The van der Waals surface area contributed by atoms with Crippen molar-refractivity contribution in [1.29, 1.82) is 0 Å². The molecule has 0 heterocycles. The number of halogens is 1. The van der Waals surface area contributed by atoms with E-state index < -0.39 is 28.3 Å². The van der Waals surface area contributed by atoms with Gasteiger partial charge in [-0.05, 0) is 93.2 Å². The van der Waals surface area contributed by atoms with E-state index in [2.05, 4.69) is 36.1 Å². The quantitative estimate of drug-likeness (QED) is 0.176. The lowest BCUT2D eigenvalue weighted by Crippen LogP contribution is -2.33. The van der Waals surface area contributed by atoms with Crippen LogP contribution in [0.4, 0.5) is 4.39 Å². The summed E-state index contributed by atoms with van der Waals surface area (Å²) >= 11 is 0. The van der Waals surface area contributed by atoms with E-state index >= 15 is 4.39 Å². The largest absolute Gasteiger partial charge is 0.479 e. The fourth-order valence-electron chi connectivity index (χ4n) is 6.48. The second kappa shape index (κ2) is 11.5. The van der Waals surface area contributed by atoms with Gasteiger partial charge in [0.05, 0.1) is 10.9 Å². The van der Waals surface area contributed by atoms with E-state index in [1.165, 1.54) is 31.7 Å². The van der Waals surface area contributed by atoms with E-state index in [9.17, 15) is 4.79 Å². The standard InChI is InChI=1S/C34H34FO3S/c35-31-23-30(39(28-9-3-1-4-10-28)29-11-5-2-6-12-29)15-16-32(31)37-24-33(36)38-34(18-7-8-19-34)20-17-27-22-25-13-14-26(27)21-25/h1-6,9-12,15-16,23,25-27H,7-8,13-14,18-19,21-22,24H2/q+1. The molecule has 0 aromatic heterocycles. The molecule has 0 aliphatic heterocycles. The topological polar surface area (TPSA) is 35.5 Å². The molecule has 3 aliphatic rings. The van der Waals surface area contributed by atoms with Gasteiger partial charge in [-0.15, -0.1) is 0 Å². The highest BCUT2D eigenvalue weighted by Crippen LogP contribution is 2.48. The van der Waals surface area contributed by atoms with Crippen molar-refractivity contribution in [3.63, 3.8) is 0 Å². The first-order chi connectivity index (χ1) is 19.1. The second-order valence-electron chi connectivity index (χ2n) is 11.0. The lowest BCUT2D eigenvalue weighted by Gasteiger charge is -2.24. The van der Waals surface area contributed by atoms with Gasteiger partial charge in [0.1, 0.15) is 0 Å². The summed E-state index contributed by atoms with van der Waals surface area (Å²) in [6.45, 7) is -0.336. The highest BCUT2D eigenvalue weighted by molar-refractivity contribution is 7.97. The maximum atomic E-state index is 15.2. The van der Waals surface area contributed by atoms with Crippen LogP contribution in [0.25, 0.3) is 0 Å². The number of carbonyl (C=O) groups is 1. The smallest absolute Gasteiger partial charge is 0.345 e. The fourth-order valence-corrected chi connectivity index (χ4v) is 8.58. The Balaban J connectivity index is 1.13. The number of carbonyl (C=O) groups excluding carboxylic acids is 1. The van der Waals surface area contributed by atoms with Crippen LogP contribution in [-0.4, -0.2) is 18.2 Å². The van der Waals surface area contributed by atoms with Crippen molar-refractivity contribution in [1.82, 2.24) is 0 Å². The van der Waals surface area contributed by atoms with Gasteiger partial charge < -0.3 is 9.47 Å². The lowest BCUT2D eigenvalue weighted by molar-refractivity contribution is -0.156. The normalized spacial score (nSPS) is 22.9. The van der Waals surface area contributed by atoms with Crippen molar-refractivity contribution in [2.45, 2.75) is 71.7 Å². The summed E-state index contributed by atoms with van der Waals surface area (Å²) < 4.78 is 26.8. The Morgan fingerprint density at radius 2 is 1.59 bits per heavy atom. The van der Waals surface area contributed by atoms with Gasteiger partial charge >= 0.3 is 5.97 Å². The minimum atomic E-state index is -0.718. The summed E-state index contributed by atoms with van der Waals surface area (Å²) in [5.41, 5.74) is -0.718. The average molecular weight is 542 g/mol. The summed E-state index contributed by atoms with van der Waals surface area (Å²) in [6.07, 6.45) is 8.65. The highest BCUT2D eigenvalue weighted by atomic mass is 32.2. The van der Waals surface area contributed by atoms with Gasteiger partial charge in [0.15, 0.2) is 38.5 Å². The van der Waals surface area contributed by atoms with E-state index in [-0.39, 0.29) is 12.4 Å². The minimum absolute atomic E-state index is 0.0499. The van der Waals surface area contributed by atoms with Crippen molar-refractivity contribution < 1.29 is 18.7 Å². The van der Waals surface area contributed by atoms with Crippen LogP contribution in [0.3, 0.4) is 0 Å². The zero-order valence-corrected chi connectivity index (χ0v) is 22.9. The fraction of sp³-hybridized carbons (Fsp3) is 0.382. The van der Waals surface area contributed by atoms with Gasteiger partial charge in [-0.1, -0.05) is 54.7 Å². The zero-order chi connectivity index (χ0) is 26.7. The molecule has 0 amide bonds. The predicted molar refractivity (Wildman–Crippen MR) is 151 cm³/mol. The third-order valence-electron chi connectivity index (χ3n) is 8.39. The lowest BCUT2D eigenvalue weighted by atomic mass is 9.88. The van der Waals surface area contributed by atoms with E-state index in [0.717, 1.165) is 52.2 Å². The van der Waals surface area contributed by atoms with Gasteiger partial charge in [0.2, 0.25) is 0 Å². The summed E-state index contributed by atoms with van der Waals surface area (Å²) in [5, 5.41) is 0. The molecule has 3 nitrogen and oxygen atoms in total. The van der Waals surface area contributed by atoms with Crippen molar-refractivity contribution in [3.8, 4) is 17.6 Å². The molecule has 0 N–H and O–H groups in total. The number of hydrogen-bond donors (Lipinski definition) is 0. The van der Waals surface area contributed by atoms with Crippen molar-refractivity contribution >= 4 is 16.9 Å². The van der Waals surface area contributed by atoms with Crippen molar-refractivity contribution in [2.24, 2.45) is 17.8 Å². The molecule has 0 radical (unpaired) electrons. The third kappa shape index (κ3) is 5.87. The Bertz CT molecular complexity index is 1320. The second-order valence-corrected chi connectivity index (χ2v) is 13.1. The molecule has 2 bridgehead atoms. The number of benzene rings is 3. The maximum absolute atomic E-state index is 15.2. The molecule has 3 unspecified atom stereocenters. The van der Waals surface area contributed by atoms with Gasteiger partial charge in [0, 0.05) is 12.0 Å². The van der Waals surface area contributed by atoms with Gasteiger partial charge in [-0.25, -0.2) is 9.18 Å². The predicted octanol–water partition coefficient (Wildman–Crippen LogP) is 7.60. The molecule has 3 aromatic rings. The first kappa shape index (κ1) is 26.0. The molecular weight excluding hydrogens is 507 g/mol. The van der Waals surface area contributed by atoms with Crippen LogP contribution in [-0.2, 0) is 20.4 Å². The first-order valence-corrected chi connectivity index (χ1v) is 15.3. The summed E-state index contributed by atoms with van der Waals surface area (Å²) in [6, 6.07) is 25.2. The van der Waals surface area contributed by atoms with Crippen LogP contribution < -0.4 is 4.74 Å². The Morgan fingerprint density at radius 3 is 2.18 bits per heavy atom. The van der Waals surface area contributed by atoms with E-state index in [0.29, 0.717) is 5.92 Å². The molecule has 6 rings (SSSR count). The first-order valence-electron chi connectivity index (χ1n) is 14.1. The van der Waals surface area contributed by atoms with Crippen LogP contribution in [0.5, 0.6) is 5.75 Å². The Labute approximate surface area is 233 Å². The highest BCUT2D eigenvalue weighted by Gasteiger charge is 2.40. The Kier molecular flexibility index (Phi) is 7.66. The molecule has 3 aliphatic carbocycles. The monoisotopic (exact) mass is 541 g/mol. The Morgan fingerprint density at radius 1 is 0.897 bits per heavy atom. The molecule has 5 heteroatoms. The molecule has 200 valence electrons. The number of hydrogen-bond acceptors (Lipinski definition) is 3. The third-order valence-corrected chi connectivity index (χ3v) is 10.6. The van der Waals surface area contributed by atoms with E-state index in [1.807, 2.05) is 42.5 Å². The van der Waals surface area contributed by atoms with Crippen LogP contribution in [0.1, 0.15) is 51.4 Å². The summed E-state index contributed by atoms with van der Waals surface area (Å²) in [5.74, 6) is 7.96. The van der Waals surface area contributed by atoms with Crippen LogP contribution in [0, 0.1) is 35.4 Å². The molecule has 3 aromatic carbocycles. The molecule has 3 fully saturated rings. The van der Waals surface area contributed by atoms with Gasteiger partial charge in [-0.2, -0.15) is 0 Å². The number of ether oxygens (including phenoxy) is 2. The van der Waals surface area contributed by atoms with Gasteiger partial charge in [-0.3, -0.25) is 0 Å². The maximum Gasteiger partial charge on any atom is 0.345 e. The SMILES string of the molecule is O=C(COc1ccc([S+](c2ccccc2)c2ccccc2)cc1F)OC1(C#CC2CC3CCC2C3)CCCC1. The summed E-state index contributed by atoms with van der Waals surface area (Å²) in [4.78, 5) is 15.9. The average Bonchev–Trinajstić information content (AvgIpc) is 3.71. The summed E-state index contributed by atoms with van der Waals surface area (Å²) in [7, 11) is -0.462. The van der Waals surface area contributed by atoms with Crippen LogP contribution in [0.2, 0.25) is 0 Å². The minimum Gasteiger partial charge on any atom is -0.479 e. The van der Waals surface area contributed by atoms with Crippen molar-refractivity contribution in [3.05, 3.63) is 84.7 Å². The molecule has 0 spiro atoms. The van der Waals surface area contributed by atoms with E-state index in [1.54, 1.807) is 6.07 Å². The molecule has 0 saturated heterocycles. The van der Waals surface area contributed by atoms with Gasteiger partial charge in [0.25, 0.3) is 0 Å². The van der Waals surface area contributed by atoms with E-state index in [4.69, 9.17) is 9.47 Å². The number of rotatable bonds is 7. The number of esters is 1. The van der Waals surface area contributed by atoms with Crippen LogP contribution >= 0.6 is 0 Å². The van der Waals surface area contributed by atoms with Crippen molar-refractivity contribution in [2.75, 3.05) is 6.61 Å². The molecule has 39 heavy (non-hydrogen) atoms. The molecule has 3 saturated carbocycles. The zero-order valence-electron chi connectivity index (χ0n) is 22.1. The molecule has 3 atom stereocenters. The molecular formula is C34H34FO3S+. The number of fused-ring (bicyclic) bond motifs is 2. The Hall–Kier alpha value is -3.23.